The molecule has 0 saturated heterocycles. The van der Waals surface area contributed by atoms with E-state index in [1.54, 1.807) is 6.26 Å². The van der Waals surface area contributed by atoms with Gasteiger partial charge >= 0.3 is 0 Å². The van der Waals surface area contributed by atoms with E-state index in [9.17, 15) is 0 Å². The Morgan fingerprint density at radius 1 is 0.613 bits per heavy atom. The molecule has 0 radical (unpaired) electrons. The monoisotopic (exact) mass is 405 g/mol. The van der Waals surface area contributed by atoms with Crippen LogP contribution in [0.1, 0.15) is 6.92 Å². The number of aliphatic imine (C=N–C) groups is 1. The molecule has 0 aliphatic heterocycles. The number of hydrogen-bond acceptors (Lipinski definition) is 3. The highest BCUT2D eigenvalue weighted by atomic mass is 16.5. The SMILES string of the molecule is CC(=C\Oc1ccc(-c2ccccc2)cc1)/C(=N/c1ccccc1)Oc1ccccc1. The first-order chi connectivity index (χ1) is 15.3. The van der Waals surface area contributed by atoms with Crippen molar-refractivity contribution in [3.8, 4) is 22.6 Å². The number of hydrogen-bond donors (Lipinski definition) is 0. The lowest BCUT2D eigenvalue weighted by Crippen LogP contribution is -2.10. The molecule has 0 bridgehead atoms. The largest absolute Gasteiger partial charge is 0.465 e. The summed E-state index contributed by atoms with van der Waals surface area (Å²) < 4.78 is 11.9. The molecular weight excluding hydrogens is 382 g/mol. The van der Waals surface area contributed by atoms with Crippen molar-refractivity contribution >= 4 is 11.6 Å². The molecule has 4 aromatic carbocycles. The Labute approximate surface area is 182 Å². The number of para-hydroxylation sites is 2. The second kappa shape index (κ2) is 10.1. The summed E-state index contributed by atoms with van der Waals surface area (Å²) in [6, 6.07) is 37.6. The molecule has 0 spiro atoms. The Bertz CT molecular complexity index is 1150. The second-order valence-corrected chi connectivity index (χ2v) is 6.98. The highest BCUT2D eigenvalue weighted by Gasteiger charge is 2.08. The van der Waals surface area contributed by atoms with Crippen LogP contribution in [0.5, 0.6) is 11.5 Å². The molecule has 4 aromatic rings. The minimum Gasteiger partial charge on any atom is -0.465 e. The van der Waals surface area contributed by atoms with Gasteiger partial charge in [-0.25, -0.2) is 4.99 Å². The molecule has 3 heteroatoms. The predicted molar refractivity (Wildman–Crippen MR) is 127 cm³/mol. The van der Waals surface area contributed by atoms with Crippen LogP contribution < -0.4 is 9.47 Å². The third kappa shape index (κ3) is 5.71. The Hall–Kier alpha value is -4.11. The fourth-order valence-corrected chi connectivity index (χ4v) is 2.97. The summed E-state index contributed by atoms with van der Waals surface area (Å²) in [6.45, 7) is 1.92. The van der Waals surface area contributed by atoms with Gasteiger partial charge in [-0.15, -0.1) is 0 Å². The van der Waals surface area contributed by atoms with E-state index >= 15 is 0 Å². The Morgan fingerprint density at radius 3 is 1.81 bits per heavy atom. The summed E-state index contributed by atoms with van der Waals surface area (Å²) in [5.74, 6) is 1.95. The van der Waals surface area contributed by atoms with Gasteiger partial charge in [-0.3, -0.25) is 0 Å². The summed E-state index contributed by atoms with van der Waals surface area (Å²) in [6.07, 6.45) is 1.67. The summed E-state index contributed by atoms with van der Waals surface area (Å²) in [7, 11) is 0. The molecule has 4 rings (SSSR count). The van der Waals surface area contributed by atoms with Crippen molar-refractivity contribution in [2.45, 2.75) is 6.92 Å². The zero-order valence-corrected chi connectivity index (χ0v) is 17.3. The lowest BCUT2D eigenvalue weighted by Gasteiger charge is -2.10. The molecular formula is C28H23NO2. The maximum Gasteiger partial charge on any atom is 0.225 e. The zero-order valence-electron chi connectivity index (χ0n) is 17.3. The highest BCUT2D eigenvalue weighted by Crippen LogP contribution is 2.23. The lowest BCUT2D eigenvalue weighted by molar-refractivity contribution is 0.473. The fraction of sp³-hybridized carbons (Fsp3) is 0.0357. The van der Waals surface area contributed by atoms with Crippen LogP contribution in [0, 0.1) is 0 Å². The third-order valence-electron chi connectivity index (χ3n) is 4.62. The Morgan fingerprint density at radius 2 is 1.16 bits per heavy atom. The second-order valence-electron chi connectivity index (χ2n) is 6.98. The molecule has 31 heavy (non-hydrogen) atoms. The van der Waals surface area contributed by atoms with E-state index in [1.807, 2.05) is 110 Å². The van der Waals surface area contributed by atoms with E-state index in [0.717, 1.165) is 28.3 Å². The van der Waals surface area contributed by atoms with Gasteiger partial charge in [0.2, 0.25) is 5.90 Å². The predicted octanol–water partition coefficient (Wildman–Crippen LogP) is 7.45. The van der Waals surface area contributed by atoms with Gasteiger partial charge < -0.3 is 9.47 Å². The van der Waals surface area contributed by atoms with Crippen LogP contribution in [0.4, 0.5) is 5.69 Å². The summed E-state index contributed by atoms with van der Waals surface area (Å²) in [5.41, 5.74) is 3.91. The van der Waals surface area contributed by atoms with Gasteiger partial charge in [-0.05, 0) is 54.4 Å². The number of benzene rings is 4. The van der Waals surface area contributed by atoms with E-state index in [4.69, 9.17) is 9.47 Å². The first-order valence-corrected chi connectivity index (χ1v) is 10.1. The van der Waals surface area contributed by atoms with Gasteiger partial charge in [0.15, 0.2) is 0 Å². The van der Waals surface area contributed by atoms with Crippen LogP contribution in [0.25, 0.3) is 11.1 Å². The third-order valence-corrected chi connectivity index (χ3v) is 4.62. The van der Waals surface area contributed by atoms with Crippen molar-refractivity contribution in [2.24, 2.45) is 4.99 Å². The molecule has 0 unspecified atom stereocenters. The van der Waals surface area contributed by atoms with Crippen LogP contribution in [0.15, 0.2) is 132 Å². The van der Waals surface area contributed by atoms with Crippen molar-refractivity contribution in [2.75, 3.05) is 0 Å². The molecule has 0 aromatic heterocycles. The van der Waals surface area contributed by atoms with Crippen molar-refractivity contribution in [3.05, 3.63) is 127 Å². The van der Waals surface area contributed by atoms with E-state index in [2.05, 4.69) is 17.1 Å². The minimum atomic E-state index is 0.485. The lowest BCUT2D eigenvalue weighted by atomic mass is 10.1. The molecule has 0 fully saturated rings. The van der Waals surface area contributed by atoms with Crippen LogP contribution in [-0.4, -0.2) is 5.90 Å². The van der Waals surface area contributed by atoms with Crippen LogP contribution in [0.3, 0.4) is 0 Å². The molecule has 152 valence electrons. The van der Waals surface area contributed by atoms with Gasteiger partial charge in [0, 0.05) is 5.57 Å². The van der Waals surface area contributed by atoms with Gasteiger partial charge in [0.25, 0.3) is 0 Å². The fourth-order valence-electron chi connectivity index (χ4n) is 2.97. The molecule has 0 aliphatic rings. The smallest absolute Gasteiger partial charge is 0.225 e. The van der Waals surface area contributed by atoms with Crippen molar-refractivity contribution in [1.29, 1.82) is 0 Å². The topological polar surface area (TPSA) is 30.8 Å². The van der Waals surface area contributed by atoms with Gasteiger partial charge in [0.05, 0.1) is 11.9 Å². The number of ether oxygens (including phenoxy) is 2. The van der Waals surface area contributed by atoms with Gasteiger partial charge in [-0.1, -0.05) is 78.9 Å². The quantitative estimate of drug-likeness (QED) is 0.189. The Kier molecular flexibility index (Phi) is 6.56. The average Bonchev–Trinajstić information content (AvgIpc) is 2.84. The standard InChI is InChI=1S/C28H23NO2/c1-22(21-30-26-19-17-24(18-20-26)23-11-5-2-6-12-23)28(29-25-13-7-3-8-14-25)31-27-15-9-4-10-16-27/h2-21H,1H3/b22-21+,29-28-. The molecule has 0 N–H and O–H groups in total. The van der Waals surface area contributed by atoms with E-state index in [0.29, 0.717) is 5.90 Å². The van der Waals surface area contributed by atoms with E-state index in [-0.39, 0.29) is 0 Å². The van der Waals surface area contributed by atoms with E-state index < -0.39 is 0 Å². The van der Waals surface area contributed by atoms with E-state index in [1.165, 1.54) is 5.56 Å². The number of rotatable bonds is 6. The van der Waals surface area contributed by atoms with Gasteiger partial charge in [-0.2, -0.15) is 0 Å². The average molecular weight is 405 g/mol. The highest BCUT2D eigenvalue weighted by molar-refractivity contribution is 5.96. The van der Waals surface area contributed by atoms with Crippen molar-refractivity contribution < 1.29 is 9.47 Å². The van der Waals surface area contributed by atoms with Crippen LogP contribution >= 0.6 is 0 Å². The minimum absolute atomic E-state index is 0.485. The summed E-state index contributed by atoms with van der Waals surface area (Å²) in [4.78, 5) is 4.67. The van der Waals surface area contributed by atoms with Crippen LogP contribution in [-0.2, 0) is 0 Å². The van der Waals surface area contributed by atoms with Crippen molar-refractivity contribution in [1.82, 2.24) is 0 Å². The van der Waals surface area contributed by atoms with Crippen molar-refractivity contribution in [3.63, 3.8) is 0 Å². The Balaban J connectivity index is 1.53. The maximum absolute atomic E-state index is 6.05. The molecule has 0 atom stereocenters. The molecule has 0 aliphatic carbocycles. The molecule has 0 heterocycles. The summed E-state index contributed by atoms with van der Waals surface area (Å²) >= 11 is 0. The number of nitrogens with zero attached hydrogens (tertiary/aromatic N) is 1. The maximum atomic E-state index is 6.05. The summed E-state index contributed by atoms with van der Waals surface area (Å²) in [5, 5.41) is 0. The van der Waals surface area contributed by atoms with Crippen LogP contribution in [0.2, 0.25) is 0 Å². The first-order valence-electron chi connectivity index (χ1n) is 10.1. The first kappa shape index (κ1) is 20.2. The normalized spacial score (nSPS) is 11.8. The molecule has 0 amide bonds. The zero-order chi connectivity index (χ0) is 21.3. The molecule has 0 saturated carbocycles. The van der Waals surface area contributed by atoms with Gasteiger partial charge in [0.1, 0.15) is 11.5 Å². The molecule has 3 nitrogen and oxygen atoms in total.